The van der Waals surface area contributed by atoms with E-state index in [0.717, 1.165) is 5.56 Å². The summed E-state index contributed by atoms with van der Waals surface area (Å²) in [7, 11) is -0.0843. The van der Waals surface area contributed by atoms with Crippen LogP contribution in [0.2, 0.25) is 24.7 Å². The second-order valence-corrected chi connectivity index (χ2v) is 9.84. The maximum atomic E-state index is 11.4. The quantitative estimate of drug-likeness (QED) is 0.273. The van der Waals surface area contributed by atoms with Crippen LogP contribution in [-0.4, -0.2) is 21.2 Å². The molecule has 0 saturated carbocycles. The Balaban J connectivity index is 0.00000154. The minimum absolute atomic E-state index is 0.358. The molecule has 108 valence electrons. The summed E-state index contributed by atoms with van der Waals surface area (Å²) in [6.07, 6.45) is 0. The summed E-state index contributed by atoms with van der Waals surface area (Å²) >= 11 is 11.8. The van der Waals surface area contributed by atoms with E-state index >= 15 is 0 Å². The van der Waals surface area contributed by atoms with E-state index in [1.165, 1.54) is 7.11 Å². The predicted octanol–water partition coefficient (Wildman–Crippen LogP) is 4.24. The molecule has 0 unspecified atom stereocenters. The van der Waals surface area contributed by atoms with Crippen molar-refractivity contribution in [1.82, 2.24) is 0 Å². The van der Waals surface area contributed by atoms with Crippen molar-refractivity contribution in [2.45, 2.75) is 19.6 Å². The molecule has 0 aliphatic carbocycles. The Morgan fingerprint density at radius 3 is 2.42 bits per heavy atom. The van der Waals surface area contributed by atoms with Gasteiger partial charge in [-0.05, 0) is 18.2 Å². The van der Waals surface area contributed by atoms with Gasteiger partial charge in [-0.2, -0.15) is 0 Å². The van der Waals surface area contributed by atoms with Crippen molar-refractivity contribution in [3.8, 4) is 11.5 Å². The van der Waals surface area contributed by atoms with Crippen LogP contribution >= 0.6 is 31.9 Å². The third kappa shape index (κ3) is 7.38. The zero-order chi connectivity index (χ0) is 15.1. The predicted molar refractivity (Wildman–Crippen MR) is 87.0 cm³/mol. The van der Waals surface area contributed by atoms with Crippen LogP contribution in [-0.2, 0) is 17.5 Å². The van der Waals surface area contributed by atoms with Gasteiger partial charge in [0.1, 0.15) is 8.07 Å². The second-order valence-electron chi connectivity index (χ2n) is 4.69. The van der Waals surface area contributed by atoms with E-state index in [2.05, 4.69) is 48.6 Å². The third-order valence-corrected chi connectivity index (χ3v) is 3.16. The molecule has 0 N–H and O–H groups in total. The first-order valence-electron chi connectivity index (χ1n) is 5.36. The fraction of sp³-hybridized carbons (Fsp3) is 0.308. The van der Waals surface area contributed by atoms with Crippen LogP contribution in [0.3, 0.4) is 0 Å². The van der Waals surface area contributed by atoms with E-state index < -0.39 is 14.0 Å². The number of carbonyl (C=O) groups is 1. The van der Waals surface area contributed by atoms with Crippen molar-refractivity contribution in [2.24, 2.45) is 0 Å². The molecule has 1 rings (SSSR count). The zero-order valence-electron chi connectivity index (χ0n) is 11.1. The Labute approximate surface area is 140 Å². The fourth-order valence-corrected chi connectivity index (χ4v) is 1.84. The summed E-state index contributed by atoms with van der Waals surface area (Å²) in [6, 6.07) is 5.14. The summed E-state index contributed by atoms with van der Waals surface area (Å²) < 4.78 is 4.65. The number of hydrogen-bond acceptors (Lipinski definition) is 2. The van der Waals surface area contributed by atoms with Gasteiger partial charge in [-0.1, -0.05) is 37.2 Å². The molecule has 0 aromatic heterocycles. The van der Waals surface area contributed by atoms with Crippen LogP contribution in [0, 0.1) is 11.5 Å². The molecular formula is C13H15ClCuIO2Si. The van der Waals surface area contributed by atoms with Gasteiger partial charge in [0.15, 0.2) is 0 Å². The number of hydrogen-bond donors (Lipinski definition) is 0. The van der Waals surface area contributed by atoms with E-state index in [4.69, 9.17) is 11.6 Å². The molecule has 19 heavy (non-hydrogen) atoms. The van der Waals surface area contributed by atoms with Crippen LogP contribution in [0.15, 0.2) is 18.2 Å². The van der Waals surface area contributed by atoms with Gasteiger partial charge < -0.3 is 4.74 Å². The van der Waals surface area contributed by atoms with Gasteiger partial charge in [-0.3, -0.25) is 0 Å². The molecule has 0 heterocycles. The standard InChI is InChI=1S/C13H15ClO2Si.Cu.HI/c1-16-13(15)11-9-10(5-6-12(11)14)7-8-17(2,3)4;;/h5-6,9H,1-4H3;;1H/q;+1;/p-1. The number of ether oxygens (including phenoxy) is 1. The number of rotatable bonds is 1. The van der Waals surface area contributed by atoms with Crippen molar-refractivity contribution in [3.05, 3.63) is 34.3 Å². The summed E-state index contributed by atoms with van der Waals surface area (Å²) in [6.45, 7) is 6.49. The first-order chi connectivity index (χ1) is 8.83. The summed E-state index contributed by atoms with van der Waals surface area (Å²) in [5.41, 5.74) is 4.38. The molecule has 0 aliphatic heterocycles. The molecule has 2 nitrogen and oxygen atoms in total. The van der Waals surface area contributed by atoms with Crippen molar-refractivity contribution < 1.29 is 22.3 Å². The summed E-state index contributed by atoms with van der Waals surface area (Å²) in [4.78, 5) is 11.4. The Morgan fingerprint density at radius 2 is 1.95 bits per heavy atom. The first kappa shape index (κ1) is 19.0. The van der Waals surface area contributed by atoms with Gasteiger partial charge in [-0.15, -0.1) is 5.54 Å². The monoisotopic (exact) mass is 456 g/mol. The minimum atomic E-state index is -1.42. The van der Waals surface area contributed by atoms with Crippen LogP contribution in [0.5, 0.6) is 0 Å². The van der Waals surface area contributed by atoms with Crippen LogP contribution in [0.1, 0.15) is 15.9 Å². The maximum absolute atomic E-state index is 11.4. The Morgan fingerprint density at radius 1 is 1.37 bits per heavy atom. The molecule has 0 atom stereocenters. The zero-order valence-corrected chi connectivity index (χ0v) is 16.0. The van der Waals surface area contributed by atoms with E-state index in [1.54, 1.807) is 32.5 Å². The van der Waals surface area contributed by atoms with Crippen LogP contribution in [0.4, 0.5) is 0 Å². The van der Waals surface area contributed by atoms with Crippen LogP contribution in [0.25, 0.3) is 0 Å². The van der Waals surface area contributed by atoms with Crippen molar-refractivity contribution in [3.63, 3.8) is 0 Å². The van der Waals surface area contributed by atoms with E-state index in [9.17, 15) is 4.79 Å². The van der Waals surface area contributed by atoms with Crippen molar-refractivity contribution >= 4 is 46.0 Å². The third-order valence-electron chi connectivity index (χ3n) is 1.95. The number of halogens is 2. The molecule has 0 bridgehead atoms. The number of carbonyl (C=O) groups excluding carboxylic acids is 1. The van der Waals surface area contributed by atoms with Gasteiger partial charge in [0.2, 0.25) is 0 Å². The Bertz CT molecular complexity index is 504. The molecule has 0 aliphatic rings. The summed E-state index contributed by atoms with van der Waals surface area (Å²) in [5.74, 6) is 2.64. The molecule has 1 aromatic carbocycles. The average molecular weight is 457 g/mol. The van der Waals surface area contributed by atoms with Gasteiger partial charge in [0.05, 0.1) is 17.7 Å². The average Bonchev–Trinajstić information content (AvgIpc) is 2.38. The molecule has 0 radical (unpaired) electrons. The van der Waals surface area contributed by atoms with Gasteiger partial charge in [0.25, 0.3) is 0 Å². The molecule has 0 amide bonds. The van der Waals surface area contributed by atoms with Gasteiger partial charge in [0, 0.05) is 5.56 Å². The van der Waals surface area contributed by atoms with E-state index in [-0.39, 0.29) is 0 Å². The molecular weight excluding hydrogens is 442 g/mol. The van der Waals surface area contributed by atoms with Gasteiger partial charge >= 0.3 is 39.1 Å². The SMILES string of the molecule is COC(=O)c1cc(C#C[Si](C)(C)C)ccc1Cl.[Cu][I]. The van der Waals surface area contributed by atoms with Crippen LogP contribution < -0.4 is 0 Å². The van der Waals surface area contributed by atoms with Gasteiger partial charge in [-0.25, -0.2) is 4.79 Å². The number of benzene rings is 1. The number of methoxy groups -OCH3 is 1. The second kappa shape index (κ2) is 9.04. The Hall–Kier alpha value is 0.00636. The van der Waals surface area contributed by atoms with E-state index in [0.29, 0.717) is 10.6 Å². The Kier molecular flexibility index (Phi) is 9.04. The normalized spacial score (nSPS) is 9.68. The first-order valence-corrected chi connectivity index (χ1v) is 12.3. The molecule has 0 saturated heterocycles. The fourth-order valence-electron chi connectivity index (χ4n) is 1.13. The van der Waals surface area contributed by atoms with Crippen molar-refractivity contribution in [1.29, 1.82) is 0 Å². The summed E-state index contributed by atoms with van der Waals surface area (Å²) in [5, 5.41) is 0.385. The topological polar surface area (TPSA) is 26.3 Å². The molecule has 6 heteroatoms. The molecule has 0 spiro atoms. The molecule has 1 aromatic rings. The number of esters is 1. The van der Waals surface area contributed by atoms with E-state index in [1.807, 2.05) is 6.07 Å². The van der Waals surface area contributed by atoms with Crippen molar-refractivity contribution in [2.75, 3.05) is 7.11 Å². The molecule has 0 fully saturated rings.